The van der Waals surface area contributed by atoms with E-state index in [2.05, 4.69) is 15.3 Å². The van der Waals surface area contributed by atoms with Gasteiger partial charge in [0.25, 0.3) is 5.56 Å². The van der Waals surface area contributed by atoms with Gasteiger partial charge in [0.05, 0.1) is 6.54 Å². The van der Waals surface area contributed by atoms with Crippen LogP contribution in [-0.4, -0.2) is 51.6 Å². The van der Waals surface area contributed by atoms with E-state index in [1.807, 2.05) is 41.3 Å². The monoisotopic (exact) mass is 458 g/mol. The number of pyridine rings is 1. The largest absolute Gasteiger partial charge is 0.348 e. The highest BCUT2D eigenvalue weighted by Gasteiger charge is 2.25. The fourth-order valence-electron chi connectivity index (χ4n) is 4.07. The first kappa shape index (κ1) is 21.6. The van der Waals surface area contributed by atoms with Gasteiger partial charge in [-0.3, -0.25) is 9.36 Å². The molecule has 0 atom stereocenters. The highest BCUT2D eigenvalue weighted by Crippen LogP contribution is 2.17. The van der Waals surface area contributed by atoms with Gasteiger partial charge in [0.1, 0.15) is 11.3 Å². The molecule has 2 amide bonds. The summed E-state index contributed by atoms with van der Waals surface area (Å²) in [6, 6.07) is 18.9. The van der Waals surface area contributed by atoms with Crippen molar-refractivity contribution in [1.82, 2.24) is 19.4 Å². The Morgan fingerprint density at radius 3 is 2.53 bits per heavy atom. The van der Waals surface area contributed by atoms with E-state index in [0.717, 1.165) is 5.56 Å². The van der Waals surface area contributed by atoms with E-state index >= 15 is 0 Å². The van der Waals surface area contributed by atoms with E-state index in [9.17, 15) is 14.0 Å². The van der Waals surface area contributed by atoms with Gasteiger partial charge in [-0.15, -0.1) is 0 Å². The minimum absolute atomic E-state index is 0.215. The van der Waals surface area contributed by atoms with Crippen molar-refractivity contribution in [3.8, 4) is 0 Å². The number of nitrogens with one attached hydrogen (secondary N) is 1. The zero-order chi connectivity index (χ0) is 23.5. The van der Waals surface area contributed by atoms with E-state index in [0.29, 0.717) is 55.4 Å². The molecule has 0 radical (unpaired) electrons. The van der Waals surface area contributed by atoms with Gasteiger partial charge in [-0.05, 0) is 35.9 Å². The van der Waals surface area contributed by atoms with Crippen LogP contribution in [0.3, 0.4) is 0 Å². The van der Waals surface area contributed by atoms with Crippen molar-refractivity contribution in [3.05, 3.63) is 94.7 Å². The number of fused-ring (bicyclic) bond motifs is 1. The van der Waals surface area contributed by atoms with Gasteiger partial charge < -0.3 is 15.1 Å². The van der Waals surface area contributed by atoms with Crippen molar-refractivity contribution < 1.29 is 9.18 Å². The minimum atomic E-state index is -0.411. The first-order chi connectivity index (χ1) is 16.6. The van der Waals surface area contributed by atoms with Crippen molar-refractivity contribution in [2.24, 2.45) is 0 Å². The second-order valence-electron chi connectivity index (χ2n) is 8.07. The molecule has 172 valence electrons. The first-order valence-electron chi connectivity index (χ1n) is 11.0. The standard InChI is InChI=1S/C25H23FN6O2/c26-19-8-4-9-20(16-19)28-25(34)31-14-12-30(13-15-31)23-24(33)32(17-18-6-2-1-3-7-18)22-21(29-23)10-5-11-27-22/h1-11,16H,12-15,17H2,(H,28,34). The van der Waals surface area contributed by atoms with Crippen molar-refractivity contribution in [2.75, 3.05) is 36.4 Å². The predicted octanol–water partition coefficient (Wildman–Crippen LogP) is 3.33. The quantitative estimate of drug-likeness (QED) is 0.507. The van der Waals surface area contributed by atoms with Gasteiger partial charge in [0.2, 0.25) is 0 Å². The molecule has 1 aliphatic rings. The maximum Gasteiger partial charge on any atom is 0.321 e. The number of benzene rings is 2. The summed E-state index contributed by atoms with van der Waals surface area (Å²) < 4.78 is 15.1. The highest BCUT2D eigenvalue weighted by atomic mass is 19.1. The average molecular weight is 458 g/mol. The third kappa shape index (κ3) is 4.45. The molecule has 34 heavy (non-hydrogen) atoms. The number of hydrogen-bond donors (Lipinski definition) is 1. The van der Waals surface area contributed by atoms with E-state index in [1.165, 1.54) is 12.1 Å². The summed E-state index contributed by atoms with van der Waals surface area (Å²) in [5.74, 6) is -0.0621. The molecule has 8 nitrogen and oxygen atoms in total. The zero-order valence-electron chi connectivity index (χ0n) is 18.4. The Kier molecular flexibility index (Phi) is 5.90. The van der Waals surface area contributed by atoms with Crippen LogP contribution in [0.25, 0.3) is 11.2 Å². The predicted molar refractivity (Wildman–Crippen MR) is 129 cm³/mol. The number of halogens is 1. The summed E-state index contributed by atoms with van der Waals surface area (Å²) in [6.45, 7) is 2.11. The molecule has 0 bridgehead atoms. The van der Waals surface area contributed by atoms with Gasteiger partial charge in [0, 0.05) is 38.1 Å². The van der Waals surface area contributed by atoms with Crippen LogP contribution in [0.2, 0.25) is 0 Å². The van der Waals surface area contributed by atoms with Crippen LogP contribution in [0.4, 0.5) is 20.7 Å². The van der Waals surface area contributed by atoms with Crippen molar-refractivity contribution in [3.63, 3.8) is 0 Å². The Morgan fingerprint density at radius 2 is 1.76 bits per heavy atom. The Bertz CT molecular complexity index is 1380. The molecule has 1 fully saturated rings. The number of aromatic nitrogens is 3. The van der Waals surface area contributed by atoms with Gasteiger partial charge in [-0.25, -0.2) is 19.2 Å². The summed E-state index contributed by atoms with van der Waals surface area (Å²) >= 11 is 0. The van der Waals surface area contributed by atoms with Crippen LogP contribution < -0.4 is 15.8 Å². The Balaban J connectivity index is 1.36. The maximum absolute atomic E-state index is 13.5. The van der Waals surface area contributed by atoms with Crippen LogP contribution in [-0.2, 0) is 6.54 Å². The second kappa shape index (κ2) is 9.30. The number of piperazine rings is 1. The minimum Gasteiger partial charge on any atom is -0.348 e. The van der Waals surface area contributed by atoms with Crippen LogP contribution in [0.15, 0.2) is 77.7 Å². The molecule has 2 aromatic carbocycles. The van der Waals surface area contributed by atoms with Crippen LogP contribution in [0.1, 0.15) is 5.56 Å². The Morgan fingerprint density at radius 1 is 0.971 bits per heavy atom. The number of anilines is 2. The lowest BCUT2D eigenvalue weighted by molar-refractivity contribution is 0.208. The molecular weight excluding hydrogens is 435 g/mol. The molecule has 0 unspecified atom stereocenters. The third-order valence-electron chi connectivity index (χ3n) is 5.81. The Hall–Kier alpha value is -4.27. The second-order valence-corrected chi connectivity index (χ2v) is 8.07. The number of rotatable bonds is 4. The van der Waals surface area contributed by atoms with E-state index < -0.39 is 5.82 Å². The smallest absolute Gasteiger partial charge is 0.321 e. The van der Waals surface area contributed by atoms with Crippen molar-refractivity contribution in [1.29, 1.82) is 0 Å². The zero-order valence-corrected chi connectivity index (χ0v) is 18.4. The summed E-state index contributed by atoms with van der Waals surface area (Å²) in [6.07, 6.45) is 1.65. The topological polar surface area (TPSA) is 83.4 Å². The van der Waals surface area contributed by atoms with E-state index in [4.69, 9.17) is 0 Å². The van der Waals surface area contributed by atoms with Gasteiger partial charge in [0.15, 0.2) is 11.5 Å². The first-order valence-corrected chi connectivity index (χ1v) is 11.0. The lowest BCUT2D eigenvalue weighted by atomic mass is 10.2. The molecule has 3 heterocycles. The van der Waals surface area contributed by atoms with Crippen molar-refractivity contribution in [2.45, 2.75) is 6.54 Å². The summed E-state index contributed by atoms with van der Waals surface area (Å²) in [4.78, 5) is 38.6. The van der Waals surface area contributed by atoms with Crippen LogP contribution >= 0.6 is 0 Å². The third-order valence-corrected chi connectivity index (χ3v) is 5.81. The van der Waals surface area contributed by atoms with Gasteiger partial charge in [-0.2, -0.15) is 0 Å². The Labute approximate surface area is 195 Å². The number of nitrogens with zero attached hydrogens (tertiary/aromatic N) is 5. The van der Waals surface area contributed by atoms with Gasteiger partial charge >= 0.3 is 6.03 Å². The summed E-state index contributed by atoms with van der Waals surface area (Å²) in [7, 11) is 0. The molecule has 0 spiro atoms. The molecule has 0 aliphatic carbocycles. The maximum atomic E-state index is 13.5. The molecule has 1 N–H and O–H groups in total. The number of carbonyl (C=O) groups excluding carboxylic acids is 1. The fourth-order valence-corrected chi connectivity index (χ4v) is 4.07. The summed E-state index contributed by atoms with van der Waals surface area (Å²) in [5.41, 5.74) is 2.35. The normalized spacial score (nSPS) is 13.8. The molecule has 2 aromatic heterocycles. The molecule has 1 saturated heterocycles. The van der Waals surface area contributed by atoms with Gasteiger partial charge in [-0.1, -0.05) is 36.4 Å². The fraction of sp³-hybridized carbons (Fsp3) is 0.200. The van der Waals surface area contributed by atoms with Crippen molar-refractivity contribution >= 4 is 28.7 Å². The highest BCUT2D eigenvalue weighted by molar-refractivity contribution is 5.89. The number of urea groups is 1. The van der Waals surface area contributed by atoms with E-state index in [1.54, 1.807) is 33.9 Å². The number of carbonyl (C=O) groups is 1. The molecule has 1 aliphatic heterocycles. The average Bonchev–Trinajstić information content (AvgIpc) is 2.86. The SMILES string of the molecule is O=C(Nc1cccc(F)c1)N1CCN(c2nc3cccnc3n(Cc3ccccc3)c2=O)CC1. The molecular formula is C25H23FN6O2. The number of amides is 2. The molecule has 5 rings (SSSR count). The lowest BCUT2D eigenvalue weighted by Gasteiger charge is -2.35. The van der Waals surface area contributed by atoms with Crippen LogP contribution in [0, 0.1) is 5.82 Å². The molecule has 0 saturated carbocycles. The lowest BCUT2D eigenvalue weighted by Crippen LogP contribution is -2.51. The number of hydrogen-bond acceptors (Lipinski definition) is 5. The molecule has 4 aromatic rings. The molecule has 9 heteroatoms. The van der Waals surface area contributed by atoms with Crippen LogP contribution in [0.5, 0.6) is 0 Å². The van der Waals surface area contributed by atoms with E-state index in [-0.39, 0.29) is 11.6 Å². The summed E-state index contributed by atoms with van der Waals surface area (Å²) in [5, 5.41) is 2.72.